The van der Waals surface area contributed by atoms with Crippen LogP contribution in [-0.4, -0.2) is 168 Å². The smallest absolute Gasteiger partial charge is 0.416 e. The molecular weight excluding hydrogens is 1370 g/mol. The lowest BCUT2D eigenvalue weighted by Gasteiger charge is -2.31. The van der Waals surface area contributed by atoms with Crippen molar-refractivity contribution < 1.29 is 76.6 Å². The summed E-state index contributed by atoms with van der Waals surface area (Å²) in [6, 6.07) is 31.8. The molecule has 0 bridgehead atoms. The lowest BCUT2D eigenvalue weighted by atomic mass is 9.87. The van der Waals surface area contributed by atoms with Gasteiger partial charge in [-0.15, -0.1) is 5.10 Å². The van der Waals surface area contributed by atoms with Crippen LogP contribution in [0.4, 0.5) is 26.7 Å². The van der Waals surface area contributed by atoms with E-state index in [9.17, 15) is 43.5 Å². The molecule has 7 atom stereocenters. The third-order valence-electron chi connectivity index (χ3n) is 20.5. The van der Waals surface area contributed by atoms with Gasteiger partial charge in [-0.25, -0.2) is 19.2 Å². The van der Waals surface area contributed by atoms with Gasteiger partial charge in [-0.2, -0.15) is 0 Å². The van der Waals surface area contributed by atoms with Crippen LogP contribution in [0.5, 0.6) is 28.7 Å². The molecule has 2 aliphatic carbocycles. The summed E-state index contributed by atoms with van der Waals surface area (Å²) in [6.07, 6.45) is 1.44. The fourth-order valence-corrected chi connectivity index (χ4v) is 14.4. The molecule has 560 valence electrons. The number of rotatable bonds is 24. The van der Waals surface area contributed by atoms with Gasteiger partial charge in [-0.3, -0.25) is 28.8 Å². The molecule has 1 spiro atoms. The van der Waals surface area contributed by atoms with Crippen LogP contribution in [-0.2, 0) is 41.7 Å². The van der Waals surface area contributed by atoms with Gasteiger partial charge in [-0.05, 0) is 123 Å². The fraction of sp³-hybridized carbons (Fsp3) is 0.392. The zero-order valence-corrected chi connectivity index (χ0v) is 61.1. The molecule has 6 aliphatic rings. The number of aliphatic hydroxyl groups excluding tert-OH is 1. The van der Waals surface area contributed by atoms with Gasteiger partial charge in [0.15, 0.2) is 29.2 Å². The quantitative estimate of drug-likeness (QED) is 0.0277. The van der Waals surface area contributed by atoms with Gasteiger partial charge >= 0.3 is 12.2 Å². The van der Waals surface area contributed by atoms with Crippen molar-refractivity contribution in [1.29, 1.82) is 0 Å². The summed E-state index contributed by atoms with van der Waals surface area (Å²) in [5.74, 6) is -1.69. The number of benzene rings is 6. The number of methoxy groups -OCH3 is 3. The van der Waals surface area contributed by atoms with E-state index >= 15 is 0 Å². The summed E-state index contributed by atoms with van der Waals surface area (Å²) in [5, 5.41) is 37.9. The first-order chi connectivity index (χ1) is 51.5. The summed E-state index contributed by atoms with van der Waals surface area (Å²) < 4.78 is 43.2. The number of hydrogen-bond acceptors (Lipinski definition) is 19. The molecule has 13 rings (SSSR count). The average Bonchev–Trinajstić information content (AvgIpc) is 1.57. The van der Waals surface area contributed by atoms with E-state index in [2.05, 4.69) is 42.2 Å². The number of alkyl carbamates (subject to hydrolysis) is 1. The Bertz CT molecular complexity index is 4610. The second-order valence-corrected chi connectivity index (χ2v) is 28.5. The van der Waals surface area contributed by atoms with Crippen LogP contribution in [0.1, 0.15) is 129 Å². The molecule has 8 amide bonds. The van der Waals surface area contributed by atoms with Crippen LogP contribution >= 0.6 is 0 Å². The minimum absolute atomic E-state index is 0.0225. The molecule has 1 saturated heterocycles. The maximum atomic E-state index is 14.5. The van der Waals surface area contributed by atoms with Gasteiger partial charge < -0.3 is 80.0 Å². The van der Waals surface area contributed by atoms with E-state index in [0.29, 0.717) is 84.0 Å². The molecule has 2 fully saturated rings. The predicted octanol–water partition coefficient (Wildman–Crippen LogP) is 9.33. The minimum Gasteiger partial charge on any atom is -0.497 e. The molecule has 4 aliphatic heterocycles. The number of aliphatic hydroxyl groups is 1. The molecule has 5 heterocycles. The zero-order valence-electron chi connectivity index (χ0n) is 61.1. The Balaban J connectivity index is 0.585. The SMILES string of the molecule is COc1ccc(C2=CN3C(=O)c4cc(OC)c(OCCCOc5cc6c(cc5OC)C(=O)N5CC7(CC7)C[C@H]5C(O)N6C(=O)OCc5ccc(NC(=O)[C@H](C)NC(=O)[C@@H](NC(=O)CNC(=O)C(C)NC(=O)OC6Cc7ccccc7-c7c(nnn7C(C)C)-c7ccccc76)C(C)C)cc5)cc4NC[C@@H]3C2)cc1. The second-order valence-electron chi connectivity index (χ2n) is 28.5. The number of nitrogens with one attached hydrogen (secondary N) is 6. The molecule has 28 heteroatoms. The Labute approximate surface area is 618 Å². The molecule has 1 saturated carbocycles. The van der Waals surface area contributed by atoms with Crippen LogP contribution in [0.3, 0.4) is 0 Å². The summed E-state index contributed by atoms with van der Waals surface area (Å²) >= 11 is 0. The van der Waals surface area contributed by atoms with E-state index < -0.39 is 84.8 Å². The van der Waals surface area contributed by atoms with Crippen LogP contribution < -0.4 is 60.5 Å². The third kappa shape index (κ3) is 15.6. The summed E-state index contributed by atoms with van der Waals surface area (Å²) in [6.45, 7) is 10.8. The van der Waals surface area contributed by atoms with Crippen LogP contribution in [0, 0.1) is 11.3 Å². The Morgan fingerprint density at radius 1 is 0.701 bits per heavy atom. The Hall–Kier alpha value is -11.7. The second kappa shape index (κ2) is 31.2. The first-order valence-corrected chi connectivity index (χ1v) is 36.0. The Kier molecular flexibility index (Phi) is 21.5. The van der Waals surface area contributed by atoms with Crippen molar-refractivity contribution in [1.82, 2.24) is 46.1 Å². The Morgan fingerprint density at radius 3 is 2.07 bits per heavy atom. The van der Waals surface area contributed by atoms with E-state index in [1.807, 2.05) is 97.5 Å². The van der Waals surface area contributed by atoms with Crippen LogP contribution in [0.15, 0.2) is 128 Å². The molecule has 1 aromatic heterocycles. The molecular formula is C79H88N12O16. The number of aromatic nitrogens is 3. The number of fused-ring (bicyclic) bond motifs is 9. The standard InChI is InChI=1S/C79H88N12O16/c1-43(2)68(85-67(92)39-81-71(93)45(5)83-77(99)107-62-32-49-15-10-11-16-54(49)70-69(86-87-91(70)44(3)4)56-18-13-12-17-55(56)62)73(95)82-46(6)72(94)84-51-23-19-47(20-24-51)41-106-78(100)90-60-36-66(64(103-9)34-58(60)75(97)89-42-79(27-28-79)37-61(89)76(90)98)105-30-14-29-104-65-35-59-57(33-63(65)102-8)74(96)88-40-50(31-52(88)38-80-59)48-21-25-53(101-7)26-22-48/h10-13,15-26,33-36,40,43-46,52,61-62,68,76,80,98H,14,27-32,37-39,41-42H2,1-9H3,(H,81,93)(H,82,95)(H,83,99)(H,84,94)(H,85,92)/t45?,46-,52-,61-,62?,68-,76?/m0/s1. The number of carbonyl (C=O) groups is 8. The largest absolute Gasteiger partial charge is 0.497 e. The lowest BCUT2D eigenvalue weighted by molar-refractivity contribution is -0.132. The van der Waals surface area contributed by atoms with Crippen molar-refractivity contribution in [2.45, 2.75) is 135 Å². The Morgan fingerprint density at radius 2 is 1.38 bits per heavy atom. The van der Waals surface area contributed by atoms with Crippen molar-refractivity contribution in [2.24, 2.45) is 11.3 Å². The number of ether oxygens (including phenoxy) is 7. The first-order valence-electron chi connectivity index (χ1n) is 36.0. The summed E-state index contributed by atoms with van der Waals surface area (Å²) in [4.78, 5) is 115. The minimum atomic E-state index is -1.50. The molecule has 7 aromatic rings. The molecule has 28 nitrogen and oxygen atoms in total. The highest BCUT2D eigenvalue weighted by atomic mass is 16.6. The summed E-state index contributed by atoms with van der Waals surface area (Å²) in [7, 11) is 4.57. The van der Waals surface area contributed by atoms with Crippen LogP contribution in [0.2, 0.25) is 0 Å². The topological polar surface area (TPSA) is 334 Å². The van der Waals surface area contributed by atoms with E-state index in [1.54, 1.807) is 67.2 Å². The maximum absolute atomic E-state index is 14.5. The number of carbonyl (C=O) groups excluding carboxylic acids is 8. The van der Waals surface area contributed by atoms with Gasteiger partial charge in [0.25, 0.3) is 11.8 Å². The number of anilines is 3. The van der Waals surface area contributed by atoms with Crippen molar-refractivity contribution in [3.63, 3.8) is 0 Å². The fourth-order valence-electron chi connectivity index (χ4n) is 14.4. The normalized spacial score (nSPS) is 18.6. The highest BCUT2D eigenvalue weighted by molar-refractivity contribution is 6.07. The number of hydrogen-bond donors (Lipinski definition) is 7. The number of nitrogens with zero attached hydrogens (tertiary/aromatic N) is 6. The molecule has 0 radical (unpaired) electrons. The van der Waals surface area contributed by atoms with E-state index in [4.69, 9.17) is 33.2 Å². The van der Waals surface area contributed by atoms with Gasteiger partial charge in [0, 0.05) is 72.7 Å². The first kappa shape index (κ1) is 73.6. The van der Waals surface area contributed by atoms with Gasteiger partial charge in [0.05, 0.1) is 81.4 Å². The predicted molar refractivity (Wildman–Crippen MR) is 395 cm³/mol. The highest BCUT2D eigenvalue weighted by Crippen LogP contribution is 2.57. The van der Waals surface area contributed by atoms with Crippen molar-refractivity contribution in [2.75, 3.05) is 69.7 Å². The highest BCUT2D eigenvalue weighted by Gasteiger charge is 2.58. The van der Waals surface area contributed by atoms with E-state index in [0.717, 1.165) is 57.0 Å². The molecule has 6 aromatic carbocycles. The maximum Gasteiger partial charge on any atom is 0.416 e. The van der Waals surface area contributed by atoms with E-state index in [1.165, 1.54) is 40.2 Å². The van der Waals surface area contributed by atoms with Gasteiger partial charge in [-0.1, -0.05) is 91.9 Å². The van der Waals surface area contributed by atoms with Crippen molar-refractivity contribution in [3.8, 4) is 51.3 Å². The van der Waals surface area contributed by atoms with Crippen LogP contribution in [0.25, 0.3) is 28.1 Å². The van der Waals surface area contributed by atoms with Crippen molar-refractivity contribution in [3.05, 3.63) is 161 Å². The van der Waals surface area contributed by atoms with E-state index in [-0.39, 0.29) is 71.9 Å². The van der Waals surface area contributed by atoms with Gasteiger partial charge in [0.2, 0.25) is 23.6 Å². The van der Waals surface area contributed by atoms with Gasteiger partial charge in [0.1, 0.15) is 42.3 Å². The summed E-state index contributed by atoms with van der Waals surface area (Å²) in [5.41, 5.74) is 8.78. The average molecular weight is 1460 g/mol. The monoisotopic (exact) mass is 1460 g/mol. The molecule has 107 heavy (non-hydrogen) atoms. The third-order valence-corrected chi connectivity index (χ3v) is 20.5. The van der Waals surface area contributed by atoms with Crippen molar-refractivity contribution >= 4 is 70.3 Å². The lowest BCUT2D eigenvalue weighted by Crippen LogP contribution is -2.55. The number of amides is 8. The zero-order chi connectivity index (χ0) is 75.5. The molecule has 3 unspecified atom stereocenters. The molecule has 7 N–H and O–H groups in total.